The predicted molar refractivity (Wildman–Crippen MR) is 64.2 cm³/mol. The van der Waals surface area contributed by atoms with Crippen LogP contribution in [-0.4, -0.2) is 35.7 Å². The van der Waals surface area contributed by atoms with Gasteiger partial charge in [0.2, 0.25) is 5.91 Å². The summed E-state index contributed by atoms with van der Waals surface area (Å²) in [5.74, 6) is 0.0393. The van der Waals surface area contributed by atoms with Gasteiger partial charge < -0.3 is 15.7 Å². The highest BCUT2D eigenvalue weighted by molar-refractivity contribution is 5.82. The van der Waals surface area contributed by atoms with E-state index in [0.717, 1.165) is 38.6 Å². The Morgan fingerprint density at radius 1 is 1.44 bits per heavy atom. The van der Waals surface area contributed by atoms with E-state index in [1.807, 2.05) is 13.8 Å². The first kappa shape index (κ1) is 13.5. The largest absolute Gasteiger partial charge is 0.394 e. The summed E-state index contributed by atoms with van der Waals surface area (Å²) < 4.78 is 0. The van der Waals surface area contributed by atoms with Crippen LogP contribution in [0.15, 0.2) is 0 Å². The van der Waals surface area contributed by atoms with Gasteiger partial charge in [0.1, 0.15) is 0 Å². The van der Waals surface area contributed by atoms with Crippen LogP contribution in [0.1, 0.15) is 46.0 Å². The Labute approximate surface area is 97.8 Å². The van der Waals surface area contributed by atoms with Gasteiger partial charge in [0.05, 0.1) is 18.2 Å². The van der Waals surface area contributed by atoms with E-state index in [1.165, 1.54) is 0 Å². The van der Waals surface area contributed by atoms with Crippen LogP contribution >= 0.6 is 0 Å². The first-order valence-corrected chi connectivity index (χ1v) is 6.33. The molecular formula is C12H24N2O2. The molecule has 0 saturated carbocycles. The SMILES string of the molecule is CCC(CC)(CO)NC(=O)[C@@H]1CCCCN1. The van der Waals surface area contributed by atoms with Crippen LogP contribution in [0.4, 0.5) is 0 Å². The second-order valence-corrected chi connectivity index (χ2v) is 4.64. The predicted octanol–water partition coefficient (Wildman–Crippen LogP) is 0.796. The Bertz CT molecular complexity index is 213. The number of carbonyl (C=O) groups excluding carboxylic acids is 1. The molecule has 0 aromatic heterocycles. The van der Waals surface area contributed by atoms with Gasteiger partial charge in [-0.25, -0.2) is 0 Å². The minimum Gasteiger partial charge on any atom is -0.394 e. The Hall–Kier alpha value is -0.610. The van der Waals surface area contributed by atoms with Crippen molar-refractivity contribution in [2.24, 2.45) is 0 Å². The van der Waals surface area contributed by atoms with Crippen LogP contribution in [0.3, 0.4) is 0 Å². The summed E-state index contributed by atoms with van der Waals surface area (Å²) in [6.07, 6.45) is 4.68. The van der Waals surface area contributed by atoms with Crippen molar-refractivity contribution < 1.29 is 9.90 Å². The Balaban J connectivity index is 2.53. The van der Waals surface area contributed by atoms with Gasteiger partial charge in [0.15, 0.2) is 0 Å². The highest BCUT2D eigenvalue weighted by Crippen LogP contribution is 2.15. The van der Waals surface area contributed by atoms with E-state index in [0.29, 0.717) is 0 Å². The van der Waals surface area contributed by atoms with Crippen molar-refractivity contribution in [3.63, 3.8) is 0 Å². The van der Waals surface area contributed by atoms with Crippen LogP contribution in [-0.2, 0) is 4.79 Å². The lowest BCUT2D eigenvalue weighted by Gasteiger charge is -2.33. The van der Waals surface area contributed by atoms with Crippen molar-refractivity contribution in [3.05, 3.63) is 0 Å². The lowest BCUT2D eigenvalue weighted by atomic mass is 9.92. The fraction of sp³-hybridized carbons (Fsp3) is 0.917. The van der Waals surface area contributed by atoms with Crippen molar-refractivity contribution in [3.8, 4) is 0 Å². The zero-order chi connectivity index (χ0) is 12.0. The van der Waals surface area contributed by atoms with E-state index >= 15 is 0 Å². The third kappa shape index (κ3) is 3.19. The summed E-state index contributed by atoms with van der Waals surface area (Å²) in [6, 6.07) is -0.0715. The quantitative estimate of drug-likeness (QED) is 0.652. The molecule has 0 spiro atoms. The molecule has 1 saturated heterocycles. The average molecular weight is 228 g/mol. The summed E-state index contributed by atoms with van der Waals surface area (Å²) in [4.78, 5) is 12.0. The molecule has 16 heavy (non-hydrogen) atoms. The number of amides is 1. The number of piperidine rings is 1. The number of nitrogens with one attached hydrogen (secondary N) is 2. The molecule has 3 N–H and O–H groups in total. The molecule has 0 aliphatic carbocycles. The number of rotatable bonds is 5. The van der Waals surface area contributed by atoms with E-state index < -0.39 is 5.54 Å². The summed E-state index contributed by atoms with van der Waals surface area (Å²) in [7, 11) is 0. The van der Waals surface area contributed by atoms with Crippen LogP contribution in [0.5, 0.6) is 0 Å². The third-order valence-electron chi connectivity index (χ3n) is 3.67. The zero-order valence-electron chi connectivity index (χ0n) is 10.4. The monoisotopic (exact) mass is 228 g/mol. The molecule has 4 heteroatoms. The van der Waals surface area contributed by atoms with Gasteiger partial charge in [-0.3, -0.25) is 4.79 Å². The lowest BCUT2D eigenvalue weighted by Crippen LogP contribution is -2.56. The maximum atomic E-state index is 12.0. The lowest BCUT2D eigenvalue weighted by molar-refractivity contribution is -0.126. The molecule has 0 bridgehead atoms. The molecular weight excluding hydrogens is 204 g/mol. The topological polar surface area (TPSA) is 61.4 Å². The van der Waals surface area contributed by atoms with Gasteiger partial charge in [0, 0.05) is 0 Å². The molecule has 0 aromatic carbocycles. The molecule has 0 radical (unpaired) electrons. The zero-order valence-corrected chi connectivity index (χ0v) is 10.4. The summed E-state index contributed by atoms with van der Waals surface area (Å²) >= 11 is 0. The molecule has 1 fully saturated rings. The molecule has 1 aliphatic rings. The Morgan fingerprint density at radius 3 is 2.56 bits per heavy atom. The molecule has 1 rings (SSSR count). The molecule has 94 valence electrons. The number of hydrogen-bond acceptors (Lipinski definition) is 3. The van der Waals surface area contributed by atoms with Crippen LogP contribution < -0.4 is 10.6 Å². The molecule has 1 atom stereocenters. The third-order valence-corrected chi connectivity index (χ3v) is 3.67. The van der Waals surface area contributed by atoms with Crippen LogP contribution in [0, 0.1) is 0 Å². The van der Waals surface area contributed by atoms with Crippen molar-refractivity contribution in [1.82, 2.24) is 10.6 Å². The van der Waals surface area contributed by atoms with Crippen molar-refractivity contribution in [1.29, 1.82) is 0 Å². The standard InChI is InChI=1S/C12H24N2O2/c1-3-12(4-2,9-15)14-11(16)10-7-5-6-8-13-10/h10,13,15H,3-9H2,1-2H3,(H,14,16)/t10-/m0/s1. The summed E-state index contributed by atoms with van der Waals surface area (Å²) in [5.41, 5.74) is -0.434. The number of hydrogen-bond donors (Lipinski definition) is 3. The van der Waals surface area contributed by atoms with E-state index in [1.54, 1.807) is 0 Å². The maximum Gasteiger partial charge on any atom is 0.237 e. The molecule has 0 aromatic rings. The van der Waals surface area contributed by atoms with E-state index in [9.17, 15) is 9.90 Å². The highest BCUT2D eigenvalue weighted by Gasteiger charge is 2.30. The average Bonchev–Trinajstić information content (AvgIpc) is 2.37. The Morgan fingerprint density at radius 2 is 2.12 bits per heavy atom. The summed E-state index contributed by atoms with van der Waals surface area (Å²) in [5, 5.41) is 15.6. The molecule has 4 nitrogen and oxygen atoms in total. The van der Waals surface area contributed by atoms with Gasteiger partial charge >= 0.3 is 0 Å². The van der Waals surface area contributed by atoms with Crippen LogP contribution in [0.2, 0.25) is 0 Å². The first-order chi connectivity index (χ1) is 7.67. The smallest absolute Gasteiger partial charge is 0.237 e. The maximum absolute atomic E-state index is 12.0. The highest BCUT2D eigenvalue weighted by atomic mass is 16.3. The normalized spacial score (nSPS) is 21.8. The van der Waals surface area contributed by atoms with Gasteiger partial charge in [-0.1, -0.05) is 20.3 Å². The second kappa shape index (κ2) is 6.21. The van der Waals surface area contributed by atoms with Crippen LogP contribution in [0.25, 0.3) is 0 Å². The molecule has 1 heterocycles. The fourth-order valence-electron chi connectivity index (χ4n) is 2.11. The van der Waals surface area contributed by atoms with Gasteiger partial charge in [-0.2, -0.15) is 0 Å². The van der Waals surface area contributed by atoms with Gasteiger partial charge in [0.25, 0.3) is 0 Å². The van der Waals surface area contributed by atoms with E-state index in [2.05, 4.69) is 10.6 Å². The molecule has 0 unspecified atom stereocenters. The number of aliphatic hydroxyl groups is 1. The summed E-state index contributed by atoms with van der Waals surface area (Å²) in [6.45, 7) is 4.92. The van der Waals surface area contributed by atoms with Crippen molar-refractivity contribution in [2.75, 3.05) is 13.2 Å². The van der Waals surface area contributed by atoms with Gasteiger partial charge in [-0.05, 0) is 32.2 Å². The van der Waals surface area contributed by atoms with Gasteiger partial charge in [-0.15, -0.1) is 0 Å². The van der Waals surface area contributed by atoms with E-state index in [4.69, 9.17) is 0 Å². The number of aliphatic hydroxyl groups excluding tert-OH is 1. The minimum atomic E-state index is -0.434. The number of carbonyl (C=O) groups is 1. The molecule has 1 amide bonds. The van der Waals surface area contributed by atoms with Crippen molar-refractivity contribution in [2.45, 2.75) is 57.5 Å². The molecule has 1 aliphatic heterocycles. The Kier molecular flexibility index (Phi) is 5.22. The van der Waals surface area contributed by atoms with E-state index in [-0.39, 0.29) is 18.6 Å². The van der Waals surface area contributed by atoms with Crippen molar-refractivity contribution >= 4 is 5.91 Å². The first-order valence-electron chi connectivity index (χ1n) is 6.33. The minimum absolute atomic E-state index is 0.0124. The fourth-order valence-corrected chi connectivity index (χ4v) is 2.11. The second-order valence-electron chi connectivity index (χ2n) is 4.64.